The van der Waals surface area contributed by atoms with Gasteiger partial charge in [-0.2, -0.15) is 0 Å². The summed E-state index contributed by atoms with van der Waals surface area (Å²) in [5.41, 5.74) is 29.6. The van der Waals surface area contributed by atoms with Crippen molar-refractivity contribution in [3.63, 3.8) is 0 Å². The van der Waals surface area contributed by atoms with Crippen molar-refractivity contribution in [2.45, 2.75) is 0 Å². The fourth-order valence-corrected chi connectivity index (χ4v) is 18.3. The third-order valence-electron chi connectivity index (χ3n) is 22.2. The van der Waals surface area contributed by atoms with Gasteiger partial charge in [0.1, 0.15) is 22.3 Å². The zero-order valence-electron chi connectivity index (χ0n) is 52.5. The first-order chi connectivity index (χ1) is 48.7. The molecule has 22 aromatic rings. The molecule has 6 aromatic heterocycles. The SMILES string of the molecule is c1ccc(-n2c3cccc(-c4ccc5c(c4)-c4ccc(-n6c7ccccc7c7ccc8c9ccc%10oc%11ccccc%11c%10c9n(-c9ccccc9)c8c76)c6cccc-5c46)c3c3ccc4c5ccc6oc7ccccc7c6c5n(-c5ccc6c(c5)-c5cccc7cccc-6c57)c4c32)cc1. The Balaban J connectivity index is 0.746. The van der Waals surface area contributed by atoms with Gasteiger partial charge in [0.2, 0.25) is 0 Å². The quantitative estimate of drug-likeness (QED) is 0.172. The average molecular weight is 1240 g/mol. The summed E-state index contributed by atoms with van der Waals surface area (Å²) in [7, 11) is 0. The number of para-hydroxylation sites is 5. The molecule has 450 valence electrons. The summed E-state index contributed by atoms with van der Waals surface area (Å²) in [6.07, 6.45) is 0. The molecule has 0 aliphatic heterocycles. The van der Waals surface area contributed by atoms with Gasteiger partial charge in [0.25, 0.3) is 0 Å². The standard InChI is InChI=1S/C92H50N4O2/c1-3-19-53(20-4-1)93-77-32-16-26-56(84(77)72-42-41-68-66-45-48-81-86(71-25-9-12-34-79(71)98-81)88(66)95(90(68)92(72)93)55-36-38-58-60-27-13-17-51-18-14-28-62(82(51)60)74(58)50-55)52-35-37-57-61-29-15-30-69-76(46-43-63(83(61)69)73(57)49-52)96-75-31-10-7-23-59(75)64-39-40-67-65-44-47-80-85(70-24-8-11-33-78(70)97-80)87(65)94(89(67)91(64)96)54-21-5-2-6-22-54/h1-50H. The summed E-state index contributed by atoms with van der Waals surface area (Å²) < 4.78 is 23.6. The number of fused-ring (bicyclic) bond motifs is 28. The minimum Gasteiger partial charge on any atom is -0.456 e. The lowest BCUT2D eigenvalue weighted by atomic mass is 9.94. The summed E-state index contributed by atoms with van der Waals surface area (Å²) >= 11 is 0. The minimum absolute atomic E-state index is 0.871. The Morgan fingerprint density at radius 3 is 1.35 bits per heavy atom. The smallest absolute Gasteiger partial charge is 0.137 e. The Morgan fingerprint density at radius 1 is 0.194 bits per heavy atom. The summed E-state index contributed by atoms with van der Waals surface area (Å²) in [4.78, 5) is 0. The second-order valence-electron chi connectivity index (χ2n) is 26.9. The van der Waals surface area contributed by atoms with Gasteiger partial charge in [-0.15, -0.1) is 0 Å². The van der Waals surface area contributed by atoms with Crippen LogP contribution in [0.3, 0.4) is 0 Å². The van der Waals surface area contributed by atoms with Crippen LogP contribution in [-0.4, -0.2) is 18.3 Å². The largest absolute Gasteiger partial charge is 0.456 e. The molecular weight excluding hydrogens is 1190 g/mol. The minimum atomic E-state index is 0.871. The molecule has 0 spiro atoms. The summed E-state index contributed by atoms with van der Waals surface area (Å²) in [6, 6.07) is 113. The van der Waals surface area contributed by atoms with E-state index in [1.165, 1.54) is 126 Å². The summed E-state index contributed by atoms with van der Waals surface area (Å²) in [6.45, 7) is 0. The van der Waals surface area contributed by atoms with Gasteiger partial charge in [0, 0.05) is 76.3 Å². The monoisotopic (exact) mass is 1240 g/mol. The van der Waals surface area contributed by atoms with E-state index in [9.17, 15) is 0 Å². The van der Waals surface area contributed by atoms with Gasteiger partial charge >= 0.3 is 0 Å². The van der Waals surface area contributed by atoms with Crippen LogP contribution < -0.4 is 0 Å². The van der Waals surface area contributed by atoms with Crippen LogP contribution in [0.5, 0.6) is 0 Å². The first kappa shape index (κ1) is 51.3. The van der Waals surface area contributed by atoms with Gasteiger partial charge in [-0.3, -0.25) is 0 Å². The van der Waals surface area contributed by atoms with Gasteiger partial charge in [-0.05, 0) is 169 Å². The number of nitrogens with zero attached hydrogens (tertiary/aromatic N) is 4. The van der Waals surface area contributed by atoms with Crippen LogP contribution in [0.25, 0.3) is 231 Å². The first-order valence-corrected chi connectivity index (χ1v) is 33.8. The third kappa shape index (κ3) is 6.38. The second kappa shape index (κ2) is 18.4. The number of benzene rings is 16. The van der Waals surface area contributed by atoms with Gasteiger partial charge < -0.3 is 27.1 Å². The maximum atomic E-state index is 6.76. The van der Waals surface area contributed by atoms with Crippen molar-refractivity contribution < 1.29 is 8.83 Å². The van der Waals surface area contributed by atoms with E-state index in [4.69, 9.17) is 8.83 Å². The van der Waals surface area contributed by atoms with E-state index in [2.05, 4.69) is 322 Å². The van der Waals surface area contributed by atoms with Crippen LogP contribution in [0.1, 0.15) is 0 Å². The molecule has 0 saturated heterocycles. The number of aromatic nitrogens is 4. The Labute approximate surface area is 558 Å². The zero-order valence-corrected chi connectivity index (χ0v) is 52.5. The molecule has 0 fully saturated rings. The highest BCUT2D eigenvalue weighted by molar-refractivity contribution is 6.33. The first-order valence-electron chi connectivity index (χ1n) is 33.8. The van der Waals surface area contributed by atoms with Gasteiger partial charge in [0.15, 0.2) is 0 Å². The zero-order chi connectivity index (χ0) is 63.3. The number of hydrogen-bond acceptors (Lipinski definition) is 2. The van der Waals surface area contributed by atoms with Crippen molar-refractivity contribution in [2.75, 3.05) is 0 Å². The molecule has 24 rings (SSSR count). The Morgan fingerprint density at radius 2 is 0.653 bits per heavy atom. The molecule has 98 heavy (non-hydrogen) atoms. The number of rotatable bonds is 5. The normalized spacial score (nSPS) is 12.7. The molecule has 0 N–H and O–H groups in total. The van der Waals surface area contributed by atoms with Crippen LogP contribution >= 0.6 is 0 Å². The van der Waals surface area contributed by atoms with Gasteiger partial charge in [0.05, 0.1) is 60.6 Å². The van der Waals surface area contributed by atoms with Crippen LogP contribution in [0.2, 0.25) is 0 Å². The maximum Gasteiger partial charge on any atom is 0.137 e. The summed E-state index contributed by atoms with van der Waals surface area (Å²) in [5.74, 6) is 0. The fourth-order valence-electron chi connectivity index (χ4n) is 18.3. The van der Waals surface area contributed by atoms with Crippen molar-refractivity contribution in [1.29, 1.82) is 0 Å². The summed E-state index contributed by atoms with van der Waals surface area (Å²) in [5, 5.41) is 19.1. The molecule has 0 saturated carbocycles. The van der Waals surface area contributed by atoms with Gasteiger partial charge in [-0.1, -0.05) is 206 Å². The van der Waals surface area contributed by atoms with Crippen molar-refractivity contribution in [3.8, 4) is 78.4 Å². The highest BCUT2D eigenvalue weighted by Gasteiger charge is 2.31. The van der Waals surface area contributed by atoms with Crippen LogP contribution in [0.15, 0.2) is 312 Å². The van der Waals surface area contributed by atoms with Crippen molar-refractivity contribution in [1.82, 2.24) is 18.3 Å². The van der Waals surface area contributed by atoms with E-state index in [0.717, 1.165) is 105 Å². The second-order valence-corrected chi connectivity index (χ2v) is 26.9. The Hall–Kier alpha value is -13.2. The molecule has 6 heteroatoms. The average Bonchev–Trinajstić information content (AvgIpc) is 1.53. The fraction of sp³-hybridized carbons (Fsp3) is 0. The van der Waals surface area contributed by atoms with E-state index < -0.39 is 0 Å². The molecule has 0 unspecified atom stereocenters. The molecular formula is C92H50N4O2. The molecule has 6 heterocycles. The molecule has 16 aromatic carbocycles. The van der Waals surface area contributed by atoms with E-state index in [1.807, 2.05) is 0 Å². The van der Waals surface area contributed by atoms with E-state index in [1.54, 1.807) is 0 Å². The third-order valence-corrected chi connectivity index (χ3v) is 22.2. The Bertz CT molecular complexity index is 7410. The van der Waals surface area contributed by atoms with Crippen molar-refractivity contribution in [3.05, 3.63) is 303 Å². The topological polar surface area (TPSA) is 46.0 Å². The van der Waals surface area contributed by atoms with Crippen LogP contribution in [0.4, 0.5) is 0 Å². The van der Waals surface area contributed by atoms with Crippen molar-refractivity contribution >= 4 is 153 Å². The van der Waals surface area contributed by atoms with E-state index >= 15 is 0 Å². The van der Waals surface area contributed by atoms with Crippen LogP contribution in [0, 0.1) is 0 Å². The molecule has 2 aliphatic carbocycles. The van der Waals surface area contributed by atoms with Crippen molar-refractivity contribution in [2.24, 2.45) is 0 Å². The number of furan rings is 2. The maximum absolute atomic E-state index is 6.76. The van der Waals surface area contributed by atoms with Gasteiger partial charge in [-0.25, -0.2) is 0 Å². The number of hydrogen-bond donors (Lipinski definition) is 0. The van der Waals surface area contributed by atoms with Crippen LogP contribution in [-0.2, 0) is 0 Å². The Kier molecular flexibility index (Phi) is 9.63. The predicted molar refractivity (Wildman–Crippen MR) is 408 cm³/mol. The molecule has 0 radical (unpaired) electrons. The highest BCUT2D eigenvalue weighted by atomic mass is 16.3. The lowest BCUT2D eigenvalue weighted by molar-refractivity contribution is 0.669. The molecule has 0 bridgehead atoms. The lowest BCUT2D eigenvalue weighted by Crippen LogP contribution is -1.99. The molecule has 0 atom stereocenters. The molecule has 0 amide bonds. The highest BCUT2D eigenvalue weighted by Crippen LogP contribution is 2.55. The van der Waals surface area contributed by atoms with E-state index in [-0.39, 0.29) is 0 Å². The molecule has 6 nitrogen and oxygen atoms in total. The van der Waals surface area contributed by atoms with E-state index in [0.29, 0.717) is 0 Å². The molecule has 2 aliphatic rings. The lowest BCUT2D eigenvalue weighted by Gasteiger charge is -2.15. The predicted octanol–water partition coefficient (Wildman–Crippen LogP) is 25.1.